The summed E-state index contributed by atoms with van der Waals surface area (Å²) in [5, 5.41) is 8.62. The zero-order valence-electron chi connectivity index (χ0n) is 12.7. The zero-order chi connectivity index (χ0) is 15.1. The highest BCUT2D eigenvalue weighted by Crippen LogP contribution is 2.11. The summed E-state index contributed by atoms with van der Waals surface area (Å²) in [6, 6.07) is 9.27. The average Bonchev–Trinajstić information content (AvgIpc) is 2.49. The minimum atomic E-state index is -0.193. The second-order valence-corrected chi connectivity index (χ2v) is 5.15. The standard InChI is InChI=1S/C15H22N4O2.ClH/c1-16-11-14(20)19-9-7-13(8-10-19)18-15(21)17-12-5-3-2-4-6-12;/h2-6,13,16H,7-11H2,1H3,(H2,17,18,21);1H. The van der Waals surface area contributed by atoms with E-state index < -0.39 is 0 Å². The number of hydrogen-bond acceptors (Lipinski definition) is 3. The summed E-state index contributed by atoms with van der Waals surface area (Å²) in [5.41, 5.74) is 0.775. The predicted octanol–water partition coefficient (Wildman–Crippen LogP) is 1.44. The van der Waals surface area contributed by atoms with Gasteiger partial charge in [-0.15, -0.1) is 12.4 Å². The van der Waals surface area contributed by atoms with Gasteiger partial charge >= 0.3 is 6.03 Å². The van der Waals surface area contributed by atoms with Crippen molar-refractivity contribution in [1.82, 2.24) is 15.5 Å². The van der Waals surface area contributed by atoms with E-state index in [-0.39, 0.29) is 30.4 Å². The number of anilines is 1. The van der Waals surface area contributed by atoms with Crippen LogP contribution in [0.4, 0.5) is 10.5 Å². The van der Waals surface area contributed by atoms with Crippen LogP contribution in [0.2, 0.25) is 0 Å². The van der Waals surface area contributed by atoms with Crippen molar-refractivity contribution in [3.63, 3.8) is 0 Å². The highest BCUT2D eigenvalue weighted by Gasteiger charge is 2.23. The molecule has 0 spiro atoms. The third-order valence-electron chi connectivity index (χ3n) is 3.54. The number of benzene rings is 1. The van der Waals surface area contributed by atoms with Crippen molar-refractivity contribution in [3.05, 3.63) is 30.3 Å². The second kappa shape index (κ2) is 9.27. The topological polar surface area (TPSA) is 73.5 Å². The van der Waals surface area contributed by atoms with Crippen molar-refractivity contribution in [2.45, 2.75) is 18.9 Å². The lowest BCUT2D eigenvalue weighted by molar-refractivity contribution is -0.131. The van der Waals surface area contributed by atoms with E-state index in [0.29, 0.717) is 19.6 Å². The van der Waals surface area contributed by atoms with Gasteiger partial charge in [0.1, 0.15) is 0 Å². The fourth-order valence-corrected chi connectivity index (χ4v) is 2.41. The number of piperidine rings is 1. The molecule has 0 aliphatic carbocycles. The number of nitrogens with zero attached hydrogens (tertiary/aromatic N) is 1. The molecule has 0 saturated carbocycles. The minimum absolute atomic E-state index is 0. The van der Waals surface area contributed by atoms with Crippen molar-refractivity contribution in [2.75, 3.05) is 32.0 Å². The molecule has 0 bridgehead atoms. The summed E-state index contributed by atoms with van der Waals surface area (Å²) in [5.74, 6) is 0.115. The number of urea groups is 1. The van der Waals surface area contributed by atoms with Crippen molar-refractivity contribution >= 4 is 30.0 Å². The molecule has 3 amide bonds. The summed E-state index contributed by atoms with van der Waals surface area (Å²) in [6.45, 7) is 1.75. The van der Waals surface area contributed by atoms with Crippen LogP contribution >= 0.6 is 12.4 Å². The van der Waals surface area contributed by atoms with E-state index in [1.165, 1.54) is 0 Å². The molecule has 1 aliphatic rings. The molecule has 1 fully saturated rings. The Balaban J connectivity index is 0.00000242. The number of nitrogens with one attached hydrogen (secondary N) is 3. The Hall–Kier alpha value is -1.79. The molecular formula is C15H23ClN4O2. The molecule has 0 aromatic heterocycles. The minimum Gasteiger partial charge on any atom is -0.341 e. The largest absolute Gasteiger partial charge is 0.341 e. The van der Waals surface area contributed by atoms with Crippen molar-refractivity contribution in [1.29, 1.82) is 0 Å². The first-order valence-corrected chi connectivity index (χ1v) is 7.24. The number of halogens is 1. The van der Waals surface area contributed by atoms with Crippen molar-refractivity contribution in [3.8, 4) is 0 Å². The molecule has 0 radical (unpaired) electrons. The maximum Gasteiger partial charge on any atom is 0.319 e. The number of likely N-dealkylation sites (tertiary alicyclic amines) is 1. The summed E-state index contributed by atoms with van der Waals surface area (Å²) in [7, 11) is 1.76. The Morgan fingerprint density at radius 1 is 1.18 bits per heavy atom. The predicted molar refractivity (Wildman–Crippen MR) is 89.4 cm³/mol. The molecule has 0 atom stereocenters. The van der Waals surface area contributed by atoms with Crippen molar-refractivity contribution < 1.29 is 9.59 Å². The zero-order valence-corrected chi connectivity index (χ0v) is 13.5. The summed E-state index contributed by atoms with van der Waals surface area (Å²) >= 11 is 0. The molecule has 22 heavy (non-hydrogen) atoms. The first kappa shape index (κ1) is 18.3. The first-order chi connectivity index (χ1) is 10.2. The lowest BCUT2D eigenvalue weighted by Gasteiger charge is -2.32. The van der Waals surface area contributed by atoms with Crippen LogP contribution < -0.4 is 16.0 Å². The quantitative estimate of drug-likeness (QED) is 0.784. The van der Waals surface area contributed by atoms with Gasteiger partial charge < -0.3 is 20.9 Å². The molecule has 1 aromatic carbocycles. The Labute approximate surface area is 137 Å². The number of amides is 3. The monoisotopic (exact) mass is 326 g/mol. The summed E-state index contributed by atoms with van der Waals surface area (Å²) in [4.78, 5) is 25.5. The van der Waals surface area contributed by atoms with E-state index in [2.05, 4.69) is 16.0 Å². The van der Waals surface area contributed by atoms with Gasteiger partial charge in [0.05, 0.1) is 6.54 Å². The molecule has 1 saturated heterocycles. The van der Waals surface area contributed by atoms with E-state index in [0.717, 1.165) is 18.5 Å². The summed E-state index contributed by atoms with van der Waals surface area (Å²) < 4.78 is 0. The van der Waals surface area contributed by atoms with E-state index in [1.807, 2.05) is 35.2 Å². The van der Waals surface area contributed by atoms with Gasteiger partial charge in [-0.1, -0.05) is 18.2 Å². The number of carbonyl (C=O) groups excluding carboxylic acids is 2. The fraction of sp³-hybridized carbons (Fsp3) is 0.467. The van der Waals surface area contributed by atoms with E-state index in [9.17, 15) is 9.59 Å². The third-order valence-corrected chi connectivity index (χ3v) is 3.54. The van der Waals surface area contributed by atoms with Crippen LogP contribution in [0.1, 0.15) is 12.8 Å². The highest BCUT2D eigenvalue weighted by molar-refractivity contribution is 5.89. The van der Waals surface area contributed by atoms with Gasteiger partial charge in [-0.2, -0.15) is 0 Å². The lowest BCUT2D eigenvalue weighted by atomic mass is 10.1. The van der Waals surface area contributed by atoms with Crippen LogP contribution in [0.3, 0.4) is 0 Å². The Morgan fingerprint density at radius 2 is 1.82 bits per heavy atom. The molecule has 1 aromatic rings. The lowest BCUT2D eigenvalue weighted by Crippen LogP contribution is -2.49. The third kappa shape index (κ3) is 5.54. The number of hydrogen-bond donors (Lipinski definition) is 3. The van der Waals surface area contributed by atoms with Gasteiger partial charge in [0.15, 0.2) is 0 Å². The average molecular weight is 327 g/mol. The number of rotatable bonds is 4. The van der Waals surface area contributed by atoms with E-state index in [1.54, 1.807) is 7.05 Å². The van der Waals surface area contributed by atoms with E-state index in [4.69, 9.17) is 0 Å². The molecule has 6 nitrogen and oxygen atoms in total. The van der Waals surface area contributed by atoms with Crippen LogP contribution in [0.15, 0.2) is 30.3 Å². The van der Waals surface area contributed by atoms with Crippen LogP contribution in [-0.2, 0) is 4.79 Å². The Bertz CT molecular complexity index is 476. The van der Waals surface area contributed by atoms with Gasteiger partial charge in [0.2, 0.25) is 5.91 Å². The number of carbonyl (C=O) groups is 2. The van der Waals surface area contributed by atoms with Gasteiger partial charge in [0.25, 0.3) is 0 Å². The molecule has 2 rings (SSSR count). The second-order valence-electron chi connectivity index (χ2n) is 5.15. The molecule has 122 valence electrons. The van der Waals surface area contributed by atoms with Crippen LogP contribution in [0.5, 0.6) is 0 Å². The molecule has 1 aliphatic heterocycles. The van der Waals surface area contributed by atoms with Crippen LogP contribution in [0.25, 0.3) is 0 Å². The molecule has 7 heteroatoms. The Kier molecular flexibility index (Phi) is 7.70. The SMILES string of the molecule is CNCC(=O)N1CCC(NC(=O)Nc2ccccc2)CC1.Cl. The van der Waals surface area contributed by atoms with Gasteiger partial charge in [0, 0.05) is 24.8 Å². The van der Waals surface area contributed by atoms with Crippen LogP contribution in [-0.4, -0.2) is 49.6 Å². The number of para-hydroxylation sites is 1. The maximum absolute atomic E-state index is 11.9. The molecule has 1 heterocycles. The smallest absolute Gasteiger partial charge is 0.319 e. The van der Waals surface area contributed by atoms with Crippen LogP contribution in [0, 0.1) is 0 Å². The van der Waals surface area contributed by atoms with Gasteiger partial charge in [-0.05, 0) is 32.0 Å². The molecule has 3 N–H and O–H groups in total. The summed E-state index contributed by atoms with van der Waals surface area (Å²) in [6.07, 6.45) is 1.58. The first-order valence-electron chi connectivity index (χ1n) is 7.24. The van der Waals surface area contributed by atoms with Crippen molar-refractivity contribution in [2.24, 2.45) is 0 Å². The van der Waals surface area contributed by atoms with Gasteiger partial charge in [-0.25, -0.2) is 4.79 Å². The van der Waals surface area contributed by atoms with Gasteiger partial charge in [-0.3, -0.25) is 4.79 Å². The number of likely N-dealkylation sites (N-methyl/N-ethyl adjacent to an activating group) is 1. The normalized spacial score (nSPS) is 14.9. The highest BCUT2D eigenvalue weighted by atomic mass is 35.5. The maximum atomic E-state index is 11.9. The van der Waals surface area contributed by atoms with E-state index >= 15 is 0 Å². The molecular weight excluding hydrogens is 304 g/mol. The fourth-order valence-electron chi connectivity index (χ4n) is 2.41. The Morgan fingerprint density at radius 3 is 2.41 bits per heavy atom. The molecule has 0 unspecified atom stereocenters.